The van der Waals surface area contributed by atoms with Crippen LogP contribution in [0.4, 0.5) is 11.6 Å². The molecule has 0 fully saturated rings. The van der Waals surface area contributed by atoms with E-state index in [0.29, 0.717) is 23.6 Å². The lowest BCUT2D eigenvalue weighted by molar-refractivity contribution is -0.115. The van der Waals surface area contributed by atoms with Crippen LogP contribution in [0.25, 0.3) is 0 Å². The molecule has 2 aromatic rings. The largest absolute Gasteiger partial charge is 0.338 e. The minimum atomic E-state index is -0.298. The van der Waals surface area contributed by atoms with E-state index in [1.54, 1.807) is 25.1 Å². The predicted molar refractivity (Wildman–Crippen MR) is 72.7 cm³/mol. The number of amides is 2. The maximum atomic E-state index is 12.1. The van der Waals surface area contributed by atoms with Gasteiger partial charge in [-0.25, -0.2) is 0 Å². The van der Waals surface area contributed by atoms with Gasteiger partial charge in [-0.15, -0.1) is 0 Å². The Bertz CT molecular complexity index is 718. The molecule has 0 radical (unpaired) electrons. The molecule has 1 aliphatic rings. The van der Waals surface area contributed by atoms with Gasteiger partial charge in [0.2, 0.25) is 11.8 Å². The molecule has 0 saturated carbocycles. The second-order valence-corrected chi connectivity index (χ2v) is 4.77. The summed E-state index contributed by atoms with van der Waals surface area (Å²) in [4.78, 5) is 23.4. The Morgan fingerprint density at radius 2 is 2.20 bits per heavy atom. The van der Waals surface area contributed by atoms with Gasteiger partial charge in [0.1, 0.15) is 0 Å². The Kier molecular flexibility index (Phi) is 2.78. The van der Waals surface area contributed by atoms with E-state index in [9.17, 15) is 9.59 Å². The summed E-state index contributed by atoms with van der Waals surface area (Å²) in [6, 6.07) is 5.13. The SMILES string of the molecule is Cc1noc(NC(=O)c2ccc3c(c2)NC(=O)C3)c1C. The molecule has 2 amide bonds. The van der Waals surface area contributed by atoms with Crippen LogP contribution < -0.4 is 10.6 Å². The van der Waals surface area contributed by atoms with E-state index in [0.717, 1.165) is 16.8 Å². The Labute approximate surface area is 115 Å². The fraction of sp³-hybridized carbons (Fsp3) is 0.214. The van der Waals surface area contributed by atoms with Gasteiger partial charge in [-0.2, -0.15) is 0 Å². The molecule has 1 aliphatic heterocycles. The number of nitrogens with one attached hydrogen (secondary N) is 2. The number of hydrogen-bond donors (Lipinski definition) is 2. The van der Waals surface area contributed by atoms with Crippen molar-refractivity contribution in [3.05, 3.63) is 40.6 Å². The lowest BCUT2D eigenvalue weighted by atomic mass is 10.1. The van der Waals surface area contributed by atoms with Crippen molar-refractivity contribution >= 4 is 23.4 Å². The highest BCUT2D eigenvalue weighted by Gasteiger charge is 2.20. The first-order valence-electron chi connectivity index (χ1n) is 6.21. The van der Waals surface area contributed by atoms with Gasteiger partial charge in [0.05, 0.1) is 12.1 Å². The van der Waals surface area contributed by atoms with Crippen LogP contribution in [0.5, 0.6) is 0 Å². The van der Waals surface area contributed by atoms with Gasteiger partial charge >= 0.3 is 0 Å². The minimum Gasteiger partial charge on any atom is -0.338 e. The monoisotopic (exact) mass is 271 g/mol. The number of carbonyl (C=O) groups excluding carboxylic acids is 2. The fourth-order valence-electron chi connectivity index (χ4n) is 2.06. The zero-order chi connectivity index (χ0) is 14.3. The van der Waals surface area contributed by atoms with Crippen LogP contribution in [0.3, 0.4) is 0 Å². The van der Waals surface area contributed by atoms with E-state index >= 15 is 0 Å². The van der Waals surface area contributed by atoms with Gasteiger partial charge in [0.25, 0.3) is 5.91 Å². The number of nitrogens with zero attached hydrogens (tertiary/aromatic N) is 1. The molecule has 0 bridgehead atoms. The summed E-state index contributed by atoms with van der Waals surface area (Å²) in [5.74, 6) is -0.00973. The molecule has 20 heavy (non-hydrogen) atoms. The summed E-state index contributed by atoms with van der Waals surface area (Å²) < 4.78 is 5.05. The van der Waals surface area contributed by atoms with Crippen LogP contribution >= 0.6 is 0 Å². The molecular formula is C14H13N3O3. The van der Waals surface area contributed by atoms with Crippen LogP contribution in [0.1, 0.15) is 27.2 Å². The Hall–Kier alpha value is -2.63. The smallest absolute Gasteiger partial charge is 0.258 e. The van der Waals surface area contributed by atoms with Crippen LogP contribution in [-0.4, -0.2) is 17.0 Å². The second-order valence-electron chi connectivity index (χ2n) is 4.77. The number of aromatic nitrogens is 1. The quantitative estimate of drug-likeness (QED) is 0.875. The van der Waals surface area contributed by atoms with Crippen molar-refractivity contribution < 1.29 is 14.1 Å². The molecular weight excluding hydrogens is 258 g/mol. The molecule has 102 valence electrons. The third kappa shape index (κ3) is 2.05. The molecule has 0 spiro atoms. The maximum absolute atomic E-state index is 12.1. The van der Waals surface area contributed by atoms with E-state index in [-0.39, 0.29) is 11.8 Å². The average molecular weight is 271 g/mol. The molecule has 0 atom stereocenters. The van der Waals surface area contributed by atoms with Gasteiger partial charge in [0.15, 0.2) is 0 Å². The highest BCUT2D eigenvalue weighted by molar-refractivity contribution is 6.06. The van der Waals surface area contributed by atoms with E-state index in [2.05, 4.69) is 15.8 Å². The summed E-state index contributed by atoms with van der Waals surface area (Å²) in [6.45, 7) is 3.63. The molecule has 6 heteroatoms. The average Bonchev–Trinajstić information content (AvgIpc) is 2.93. The van der Waals surface area contributed by atoms with Crippen molar-refractivity contribution in [2.45, 2.75) is 20.3 Å². The zero-order valence-electron chi connectivity index (χ0n) is 11.1. The van der Waals surface area contributed by atoms with Crippen LogP contribution in [-0.2, 0) is 11.2 Å². The van der Waals surface area contributed by atoms with E-state index in [1.807, 2.05) is 6.92 Å². The van der Waals surface area contributed by atoms with Crippen molar-refractivity contribution in [1.82, 2.24) is 5.16 Å². The van der Waals surface area contributed by atoms with Crippen molar-refractivity contribution in [2.75, 3.05) is 10.6 Å². The topological polar surface area (TPSA) is 84.2 Å². The molecule has 0 unspecified atom stereocenters. The minimum absolute atomic E-state index is 0.0562. The third-order valence-corrected chi connectivity index (χ3v) is 3.38. The van der Waals surface area contributed by atoms with Crippen molar-refractivity contribution in [3.63, 3.8) is 0 Å². The van der Waals surface area contributed by atoms with Gasteiger partial charge in [0, 0.05) is 16.8 Å². The van der Waals surface area contributed by atoms with Crippen LogP contribution in [0.2, 0.25) is 0 Å². The first-order valence-corrected chi connectivity index (χ1v) is 6.21. The molecule has 0 aliphatic carbocycles. The van der Waals surface area contributed by atoms with E-state index < -0.39 is 0 Å². The highest BCUT2D eigenvalue weighted by Crippen LogP contribution is 2.25. The molecule has 0 saturated heterocycles. The maximum Gasteiger partial charge on any atom is 0.258 e. The van der Waals surface area contributed by atoms with Gasteiger partial charge in [-0.05, 0) is 31.5 Å². The lowest BCUT2D eigenvalue weighted by Crippen LogP contribution is -2.12. The number of benzene rings is 1. The Balaban J connectivity index is 1.83. The summed E-state index contributed by atoms with van der Waals surface area (Å²) in [7, 11) is 0. The molecule has 2 heterocycles. The van der Waals surface area contributed by atoms with Crippen molar-refractivity contribution in [3.8, 4) is 0 Å². The standard InChI is InChI=1S/C14H13N3O3/c1-7-8(2)17-20-14(7)16-13(19)10-4-3-9-6-12(18)15-11(9)5-10/h3-5H,6H2,1-2H3,(H,15,18)(H,16,19). The van der Waals surface area contributed by atoms with Crippen molar-refractivity contribution in [1.29, 1.82) is 0 Å². The molecule has 6 nitrogen and oxygen atoms in total. The normalized spacial score (nSPS) is 13.0. The molecule has 2 N–H and O–H groups in total. The third-order valence-electron chi connectivity index (χ3n) is 3.38. The van der Waals surface area contributed by atoms with Gasteiger partial charge in [-0.1, -0.05) is 11.2 Å². The highest BCUT2D eigenvalue weighted by atomic mass is 16.5. The van der Waals surface area contributed by atoms with Gasteiger partial charge in [-0.3, -0.25) is 14.9 Å². The molecule has 1 aromatic heterocycles. The Morgan fingerprint density at radius 1 is 1.40 bits per heavy atom. The number of carbonyl (C=O) groups is 2. The molecule has 1 aromatic carbocycles. The molecule has 3 rings (SSSR count). The van der Waals surface area contributed by atoms with Crippen molar-refractivity contribution in [2.24, 2.45) is 0 Å². The predicted octanol–water partition coefficient (Wildman–Crippen LogP) is 2.04. The van der Waals surface area contributed by atoms with Crippen LogP contribution in [0, 0.1) is 13.8 Å². The summed E-state index contributed by atoms with van der Waals surface area (Å²) in [5, 5.41) is 9.17. The summed E-state index contributed by atoms with van der Waals surface area (Å²) >= 11 is 0. The Morgan fingerprint density at radius 3 is 2.90 bits per heavy atom. The number of rotatable bonds is 2. The fourth-order valence-corrected chi connectivity index (χ4v) is 2.06. The zero-order valence-corrected chi connectivity index (χ0v) is 11.1. The number of hydrogen-bond acceptors (Lipinski definition) is 4. The van der Waals surface area contributed by atoms with Crippen LogP contribution in [0.15, 0.2) is 22.7 Å². The second kappa shape index (κ2) is 4.48. The lowest BCUT2D eigenvalue weighted by Gasteiger charge is -2.04. The first kappa shape index (κ1) is 12.4. The summed E-state index contributed by atoms with van der Waals surface area (Å²) in [6.07, 6.45) is 0.359. The van der Waals surface area contributed by atoms with E-state index in [4.69, 9.17) is 4.52 Å². The van der Waals surface area contributed by atoms with E-state index in [1.165, 1.54) is 0 Å². The number of aryl methyl sites for hydroxylation is 1. The number of fused-ring (bicyclic) bond motifs is 1. The number of anilines is 2. The summed E-state index contributed by atoms with van der Waals surface area (Å²) in [5.41, 5.74) is 3.58. The van der Waals surface area contributed by atoms with Gasteiger partial charge < -0.3 is 9.84 Å². The first-order chi connectivity index (χ1) is 9.54.